The van der Waals surface area contributed by atoms with Crippen LogP contribution in [0, 0.1) is 0 Å². The van der Waals surface area contributed by atoms with E-state index >= 15 is 0 Å². The van der Waals surface area contributed by atoms with Crippen LogP contribution in [0.4, 0.5) is 13.2 Å². The van der Waals surface area contributed by atoms with Crippen LogP contribution >= 0.6 is 0 Å². The van der Waals surface area contributed by atoms with Crippen LogP contribution in [0.15, 0.2) is 83.9 Å². The van der Waals surface area contributed by atoms with Gasteiger partial charge in [-0.05, 0) is 28.8 Å². The molecule has 0 radical (unpaired) electrons. The van der Waals surface area contributed by atoms with E-state index < -0.39 is 17.7 Å². The number of para-hydroxylation sites is 1. The molecule has 2 N–H and O–H groups in total. The van der Waals surface area contributed by atoms with Gasteiger partial charge in [-0.25, -0.2) is 9.79 Å². The number of nitrogens with zero attached hydrogens (tertiary/aromatic N) is 2. The van der Waals surface area contributed by atoms with Gasteiger partial charge >= 0.3 is 12.1 Å². The number of hydrogen-bond acceptors (Lipinski definition) is 5. The number of ether oxygens (including phenoxy) is 1. The van der Waals surface area contributed by atoms with Crippen LogP contribution in [0.2, 0.25) is 0 Å². The third-order valence-corrected chi connectivity index (χ3v) is 5.34. The Morgan fingerprint density at radius 2 is 1.61 bits per heavy atom. The van der Waals surface area contributed by atoms with Gasteiger partial charge in [-0.3, -0.25) is 9.69 Å². The van der Waals surface area contributed by atoms with E-state index in [9.17, 15) is 22.8 Å². The van der Waals surface area contributed by atoms with Crippen molar-refractivity contribution in [2.24, 2.45) is 10.7 Å². The van der Waals surface area contributed by atoms with Crippen molar-refractivity contribution >= 4 is 17.8 Å². The summed E-state index contributed by atoms with van der Waals surface area (Å²) in [5.74, 6) is -2.92. The minimum atomic E-state index is -5.14. The zero-order valence-electron chi connectivity index (χ0n) is 17.3. The fraction of sp³-hybridized carbons (Fsp3) is 0.125. The maximum absolute atomic E-state index is 13.3. The fourth-order valence-corrected chi connectivity index (χ4v) is 3.73. The largest absolute Gasteiger partial charge is 0.491 e. The number of esters is 1. The van der Waals surface area contributed by atoms with Crippen molar-refractivity contribution in [2.45, 2.75) is 11.7 Å². The van der Waals surface area contributed by atoms with E-state index in [0.29, 0.717) is 16.7 Å². The minimum Gasteiger partial charge on any atom is -0.419 e. The first-order valence-corrected chi connectivity index (χ1v) is 9.82. The van der Waals surface area contributed by atoms with Gasteiger partial charge in [0.2, 0.25) is 0 Å². The highest BCUT2D eigenvalue weighted by Gasteiger charge is 2.49. The van der Waals surface area contributed by atoms with Gasteiger partial charge in [0.05, 0.1) is 0 Å². The Morgan fingerprint density at radius 1 is 0.970 bits per heavy atom. The summed E-state index contributed by atoms with van der Waals surface area (Å²) in [5.41, 5.74) is 6.23. The van der Waals surface area contributed by atoms with Crippen molar-refractivity contribution in [1.82, 2.24) is 4.90 Å². The second-order valence-corrected chi connectivity index (χ2v) is 7.37. The molecule has 1 unspecified atom stereocenters. The predicted octanol–water partition coefficient (Wildman–Crippen LogP) is 3.85. The quantitative estimate of drug-likeness (QED) is 0.480. The number of guanidine groups is 1. The third kappa shape index (κ3) is 3.82. The van der Waals surface area contributed by atoms with Crippen LogP contribution in [0.25, 0.3) is 11.1 Å². The lowest BCUT2D eigenvalue weighted by atomic mass is 9.81. The van der Waals surface area contributed by atoms with Crippen LogP contribution in [0.3, 0.4) is 0 Å². The van der Waals surface area contributed by atoms with Gasteiger partial charge in [0.25, 0.3) is 5.91 Å². The maximum atomic E-state index is 13.3. The lowest BCUT2D eigenvalue weighted by Gasteiger charge is -2.26. The Balaban J connectivity index is 1.85. The molecule has 3 aromatic rings. The summed E-state index contributed by atoms with van der Waals surface area (Å²) in [6.45, 7) is 0. The van der Waals surface area contributed by atoms with Crippen LogP contribution < -0.4 is 10.5 Å². The monoisotopic (exact) mass is 453 g/mol. The molecular formula is C24H18F3N3O3. The Bertz CT molecular complexity index is 1260. The number of aliphatic imine (C=N–C) groups is 1. The van der Waals surface area contributed by atoms with E-state index in [-0.39, 0.29) is 23.2 Å². The molecule has 1 heterocycles. The normalized spacial score (nSPS) is 18.2. The zero-order chi connectivity index (χ0) is 23.8. The van der Waals surface area contributed by atoms with Crippen molar-refractivity contribution in [3.63, 3.8) is 0 Å². The Hall–Kier alpha value is -4.14. The van der Waals surface area contributed by atoms with E-state index in [0.717, 1.165) is 0 Å². The van der Waals surface area contributed by atoms with E-state index in [1.165, 1.54) is 30.1 Å². The van der Waals surface area contributed by atoms with E-state index in [2.05, 4.69) is 9.73 Å². The van der Waals surface area contributed by atoms with E-state index in [4.69, 9.17) is 5.73 Å². The molecule has 4 rings (SSSR count). The Kier molecular flexibility index (Phi) is 5.41. The molecule has 168 valence electrons. The van der Waals surface area contributed by atoms with Gasteiger partial charge in [0.15, 0.2) is 11.5 Å². The molecule has 0 aliphatic carbocycles. The number of amides is 1. The maximum Gasteiger partial charge on any atom is 0.491 e. The second kappa shape index (κ2) is 8.09. The average Bonchev–Trinajstić information content (AvgIpc) is 3.04. The van der Waals surface area contributed by atoms with Crippen molar-refractivity contribution < 1.29 is 27.5 Å². The molecule has 0 fully saturated rings. The number of alkyl halides is 3. The highest BCUT2D eigenvalue weighted by molar-refractivity contribution is 6.09. The van der Waals surface area contributed by atoms with Gasteiger partial charge in [0, 0.05) is 12.6 Å². The molecule has 1 aliphatic rings. The number of carbonyl (C=O) groups is 2. The second-order valence-electron chi connectivity index (χ2n) is 7.37. The van der Waals surface area contributed by atoms with Crippen LogP contribution in [-0.2, 0) is 15.1 Å². The first kappa shape index (κ1) is 22.1. The highest BCUT2D eigenvalue weighted by atomic mass is 19.4. The molecule has 0 spiro atoms. The summed E-state index contributed by atoms with van der Waals surface area (Å²) in [6.07, 6.45) is -5.14. The summed E-state index contributed by atoms with van der Waals surface area (Å²) in [5, 5.41) is 0. The number of likely N-dealkylation sites (N-methyl/N-ethyl adjacent to an activating group) is 1. The topological polar surface area (TPSA) is 85.0 Å². The first-order chi connectivity index (χ1) is 15.6. The summed E-state index contributed by atoms with van der Waals surface area (Å²) in [4.78, 5) is 30.5. The molecule has 9 heteroatoms. The Labute approximate surface area is 187 Å². The van der Waals surface area contributed by atoms with Crippen LogP contribution in [0.5, 0.6) is 5.75 Å². The number of rotatable bonds is 4. The number of carbonyl (C=O) groups excluding carboxylic acids is 2. The predicted molar refractivity (Wildman–Crippen MR) is 115 cm³/mol. The summed E-state index contributed by atoms with van der Waals surface area (Å²) in [6, 6.07) is 21.3. The first-order valence-electron chi connectivity index (χ1n) is 9.82. The lowest BCUT2D eigenvalue weighted by molar-refractivity contribution is -0.189. The summed E-state index contributed by atoms with van der Waals surface area (Å²) >= 11 is 0. The molecule has 3 aromatic carbocycles. The van der Waals surface area contributed by atoms with Gasteiger partial charge in [0.1, 0.15) is 5.75 Å². The van der Waals surface area contributed by atoms with Crippen molar-refractivity contribution in [3.05, 3.63) is 90.0 Å². The van der Waals surface area contributed by atoms with Crippen molar-refractivity contribution in [1.29, 1.82) is 0 Å². The molecule has 1 aliphatic heterocycles. The smallest absolute Gasteiger partial charge is 0.419 e. The number of benzene rings is 3. The molecule has 0 saturated carbocycles. The molecule has 33 heavy (non-hydrogen) atoms. The minimum absolute atomic E-state index is 0.0359. The van der Waals surface area contributed by atoms with Gasteiger partial charge in [-0.1, -0.05) is 66.7 Å². The molecule has 0 aromatic heterocycles. The van der Waals surface area contributed by atoms with Crippen LogP contribution in [-0.4, -0.2) is 36.0 Å². The van der Waals surface area contributed by atoms with Crippen molar-refractivity contribution in [3.8, 4) is 16.9 Å². The van der Waals surface area contributed by atoms with E-state index in [1.807, 2.05) is 0 Å². The SMILES string of the molecule is CN1C(=O)C(c2ccccc2)(c2cccc(-c3ccccc3OC(=O)C(F)(F)F)c2)N=C1N. The third-order valence-electron chi connectivity index (χ3n) is 5.34. The number of halogens is 3. The van der Waals surface area contributed by atoms with E-state index in [1.54, 1.807) is 60.7 Å². The fourth-order valence-electron chi connectivity index (χ4n) is 3.73. The zero-order valence-corrected chi connectivity index (χ0v) is 17.3. The molecule has 1 amide bonds. The average molecular weight is 453 g/mol. The summed E-state index contributed by atoms with van der Waals surface area (Å²) in [7, 11) is 1.52. The Morgan fingerprint density at radius 3 is 2.24 bits per heavy atom. The molecule has 0 saturated heterocycles. The standard InChI is InChI=1S/C24H18F3N3O3/c1-30-20(31)23(29-22(30)28,16-9-3-2-4-10-16)17-11-7-8-15(14-17)18-12-5-6-13-19(18)33-21(32)24(25,26)27/h2-14H,1H3,(H2,28,29). The lowest BCUT2D eigenvalue weighted by Crippen LogP contribution is -2.41. The molecule has 1 atom stereocenters. The number of nitrogens with two attached hydrogens (primary N) is 1. The van der Waals surface area contributed by atoms with Crippen LogP contribution in [0.1, 0.15) is 11.1 Å². The van der Waals surface area contributed by atoms with Gasteiger partial charge < -0.3 is 10.5 Å². The summed E-state index contributed by atoms with van der Waals surface area (Å²) < 4.78 is 42.9. The highest BCUT2D eigenvalue weighted by Crippen LogP contribution is 2.41. The van der Waals surface area contributed by atoms with Gasteiger partial charge in [-0.2, -0.15) is 13.2 Å². The molecular weight excluding hydrogens is 435 g/mol. The van der Waals surface area contributed by atoms with Gasteiger partial charge in [-0.15, -0.1) is 0 Å². The number of hydrogen-bond donors (Lipinski definition) is 1. The molecule has 0 bridgehead atoms. The molecule has 6 nitrogen and oxygen atoms in total. The van der Waals surface area contributed by atoms with Crippen molar-refractivity contribution in [2.75, 3.05) is 7.05 Å².